The van der Waals surface area contributed by atoms with E-state index in [0.717, 1.165) is 20.3 Å². The Bertz CT molecular complexity index is 1650. The summed E-state index contributed by atoms with van der Waals surface area (Å²) in [7, 11) is 1.56. The van der Waals surface area contributed by atoms with E-state index < -0.39 is 0 Å². The first-order chi connectivity index (χ1) is 18.0. The van der Waals surface area contributed by atoms with Crippen molar-refractivity contribution in [3.8, 4) is 22.9 Å². The number of para-hydroxylation sites is 1. The van der Waals surface area contributed by atoms with E-state index in [1.807, 2.05) is 48.5 Å². The highest BCUT2D eigenvalue weighted by molar-refractivity contribution is 14.1. The maximum absolute atomic E-state index is 13.4. The first-order valence-electron chi connectivity index (χ1n) is 11.4. The molecule has 5 rings (SSSR count). The van der Waals surface area contributed by atoms with Crippen molar-refractivity contribution >= 4 is 39.7 Å². The second-order valence-corrected chi connectivity index (χ2v) is 9.29. The van der Waals surface area contributed by atoms with Gasteiger partial charge in [-0.15, -0.1) is 0 Å². The summed E-state index contributed by atoms with van der Waals surface area (Å²) in [6.07, 6.45) is 1.60. The van der Waals surface area contributed by atoms with E-state index in [1.54, 1.807) is 43.7 Å². The van der Waals surface area contributed by atoms with Gasteiger partial charge < -0.3 is 9.47 Å². The standard InChI is InChI=1S/C29H21FIN3O3/c1-36-26-16-20(15-24(31)27(26)37-18-19-11-13-22(30)14-12-19)17-32-34-28(21-7-3-2-4-8-21)33-25-10-6-5-9-23(25)29(34)35/h2-17H,18H2,1H3. The molecule has 1 aromatic heterocycles. The normalized spacial score (nSPS) is 11.2. The van der Waals surface area contributed by atoms with Crippen LogP contribution in [0.3, 0.4) is 0 Å². The molecule has 0 saturated carbocycles. The van der Waals surface area contributed by atoms with Crippen LogP contribution >= 0.6 is 22.6 Å². The summed E-state index contributed by atoms with van der Waals surface area (Å²) in [6, 6.07) is 26.5. The Morgan fingerprint density at radius 3 is 2.49 bits per heavy atom. The highest BCUT2D eigenvalue weighted by Gasteiger charge is 2.14. The van der Waals surface area contributed by atoms with Gasteiger partial charge in [0.2, 0.25) is 0 Å². The largest absolute Gasteiger partial charge is 0.493 e. The molecular formula is C29H21FIN3O3. The van der Waals surface area contributed by atoms with Gasteiger partial charge in [-0.3, -0.25) is 4.79 Å². The van der Waals surface area contributed by atoms with Crippen LogP contribution in [-0.4, -0.2) is 23.0 Å². The lowest BCUT2D eigenvalue weighted by Gasteiger charge is -2.14. The van der Waals surface area contributed by atoms with E-state index in [-0.39, 0.29) is 18.0 Å². The predicted molar refractivity (Wildman–Crippen MR) is 151 cm³/mol. The van der Waals surface area contributed by atoms with Crippen LogP contribution in [0.1, 0.15) is 11.1 Å². The van der Waals surface area contributed by atoms with Crippen molar-refractivity contribution in [1.82, 2.24) is 9.66 Å². The number of aromatic nitrogens is 2. The van der Waals surface area contributed by atoms with Crippen LogP contribution in [-0.2, 0) is 6.61 Å². The van der Waals surface area contributed by atoms with Gasteiger partial charge in [0.15, 0.2) is 17.3 Å². The molecule has 0 saturated heterocycles. The third-order valence-electron chi connectivity index (χ3n) is 5.66. The van der Waals surface area contributed by atoms with Crippen molar-refractivity contribution in [2.75, 3.05) is 7.11 Å². The summed E-state index contributed by atoms with van der Waals surface area (Å²) >= 11 is 2.16. The molecule has 0 atom stereocenters. The number of methoxy groups -OCH3 is 1. The Morgan fingerprint density at radius 2 is 1.73 bits per heavy atom. The lowest BCUT2D eigenvalue weighted by atomic mass is 10.2. The van der Waals surface area contributed by atoms with E-state index >= 15 is 0 Å². The van der Waals surface area contributed by atoms with Gasteiger partial charge in [0.1, 0.15) is 12.4 Å². The van der Waals surface area contributed by atoms with Crippen molar-refractivity contribution in [1.29, 1.82) is 0 Å². The molecule has 0 bridgehead atoms. The molecule has 6 nitrogen and oxygen atoms in total. The Labute approximate surface area is 226 Å². The summed E-state index contributed by atoms with van der Waals surface area (Å²) in [5.74, 6) is 1.24. The van der Waals surface area contributed by atoms with Crippen molar-refractivity contribution in [3.63, 3.8) is 0 Å². The molecule has 0 aliphatic rings. The van der Waals surface area contributed by atoms with Gasteiger partial charge in [-0.1, -0.05) is 54.6 Å². The molecule has 5 aromatic rings. The molecule has 0 unspecified atom stereocenters. The molecule has 184 valence electrons. The minimum Gasteiger partial charge on any atom is -0.493 e. The Hall–Kier alpha value is -4.05. The average Bonchev–Trinajstić information content (AvgIpc) is 2.93. The van der Waals surface area contributed by atoms with E-state index in [1.165, 1.54) is 16.8 Å². The summed E-state index contributed by atoms with van der Waals surface area (Å²) in [6.45, 7) is 0.263. The molecule has 37 heavy (non-hydrogen) atoms. The zero-order valence-corrected chi connectivity index (χ0v) is 21.9. The molecule has 0 radical (unpaired) electrons. The van der Waals surface area contributed by atoms with Gasteiger partial charge in [-0.25, -0.2) is 9.37 Å². The molecule has 0 amide bonds. The van der Waals surface area contributed by atoms with Crippen LogP contribution in [0.5, 0.6) is 11.5 Å². The van der Waals surface area contributed by atoms with Gasteiger partial charge >= 0.3 is 0 Å². The number of ether oxygens (including phenoxy) is 2. The zero-order valence-electron chi connectivity index (χ0n) is 19.8. The topological polar surface area (TPSA) is 65.7 Å². The number of halogens is 2. The molecule has 0 aliphatic carbocycles. The number of rotatable bonds is 7. The molecule has 0 fully saturated rings. The minimum atomic E-state index is -0.296. The van der Waals surface area contributed by atoms with Gasteiger partial charge in [0, 0.05) is 5.56 Å². The molecule has 0 aliphatic heterocycles. The fourth-order valence-electron chi connectivity index (χ4n) is 3.82. The molecule has 4 aromatic carbocycles. The Kier molecular flexibility index (Phi) is 7.27. The van der Waals surface area contributed by atoms with Crippen LogP contribution in [0.25, 0.3) is 22.3 Å². The van der Waals surface area contributed by atoms with Gasteiger partial charge in [-0.2, -0.15) is 9.78 Å². The van der Waals surface area contributed by atoms with Crippen LogP contribution < -0.4 is 15.0 Å². The number of benzene rings is 4. The van der Waals surface area contributed by atoms with Crippen LogP contribution in [0.15, 0.2) is 101 Å². The SMILES string of the molecule is COc1cc(C=Nn2c(-c3ccccc3)nc3ccccc3c2=O)cc(I)c1OCc1ccc(F)cc1. The number of hydrogen-bond acceptors (Lipinski definition) is 5. The smallest absolute Gasteiger partial charge is 0.282 e. The van der Waals surface area contributed by atoms with Gasteiger partial charge in [0.25, 0.3) is 5.56 Å². The van der Waals surface area contributed by atoms with E-state index in [9.17, 15) is 9.18 Å². The molecule has 0 spiro atoms. The third-order valence-corrected chi connectivity index (χ3v) is 6.46. The zero-order chi connectivity index (χ0) is 25.8. The van der Waals surface area contributed by atoms with Crippen LogP contribution in [0, 0.1) is 9.39 Å². The highest BCUT2D eigenvalue weighted by atomic mass is 127. The van der Waals surface area contributed by atoms with E-state index in [4.69, 9.17) is 14.5 Å². The Morgan fingerprint density at radius 1 is 1.00 bits per heavy atom. The number of fused-ring (bicyclic) bond motifs is 1. The first kappa shape index (κ1) is 24.6. The fraction of sp³-hybridized carbons (Fsp3) is 0.0690. The summed E-state index contributed by atoms with van der Waals surface area (Å²) in [5.41, 5.74) is 2.67. The number of hydrogen-bond donors (Lipinski definition) is 0. The maximum atomic E-state index is 13.4. The summed E-state index contributed by atoms with van der Waals surface area (Å²) in [5, 5.41) is 5.01. The van der Waals surface area contributed by atoms with Crippen molar-refractivity contribution in [2.45, 2.75) is 6.61 Å². The lowest BCUT2D eigenvalue weighted by molar-refractivity contribution is 0.282. The monoisotopic (exact) mass is 605 g/mol. The van der Waals surface area contributed by atoms with Crippen molar-refractivity contribution < 1.29 is 13.9 Å². The first-order valence-corrected chi connectivity index (χ1v) is 12.5. The van der Waals surface area contributed by atoms with Crippen LogP contribution in [0.2, 0.25) is 0 Å². The predicted octanol–water partition coefficient (Wildman–Crippen LogP) is 6.28. The van der Waals surface area contributed by atoms with Crippen molar-refractivity contribution in [2.24, 2.45) is 5.10 Å². The maximum Gasteiger partial charge on any atom is 0.282 e. The fourth-order valence-corrected chi connectivity index (χ4v) is 4.60. The Balaban J connectivity index is 1.51. The third kappa shape index (κ3) is 5.39. The molecule has 1 heterocycles. The number of nitrogens with zero attached hydrogens (tertiary/aromatic N) is 3. The van der Waals surface area contributed by atoms with E-state index in [2.05, 4.69) is 27.7 Å². The average molecular weight is 605 g/mol. The minimum absolute atomic E-state index is 0.262. The van der Waals surface area contributed by atoms with Gasteiger partial charge in [-0.05, 0) is 70.1 Å². The van der Waals surface area contributed by atoms with Crippen LogP contribution in [0.4, 0.5) is 4.39 Å². The summed E-state index contributed by atoms with van der Waals surface area (Å²) in [4.78, 5) is 18.1. The molecule has 8 heteroatoms. The van der Waals surface area contributed by atoms with E-state index in [0.29, 0.717) is 28.2 Å². The highest BCUT2D eigenvalue weighted by Crippen LogP contribution is 2.34. The van der Waals surface area contributed by atoms with Gasteiger partial charge in [0.05, 0.1) is 27.8 Å². The second kappa shape index (κ2) is 10.9. The summed E-state index contributed by atoms with van der Waals surface area (Å²) < 4.78 is 26.9. The lowest BCUT2D eigenvalue weighted by Crippen LogP contribution is -2.20. The quantitative estimate of drug-likeness (QED) is 0.162. The molecule has 0 N–H and O–H groups in total. The van der Waals surface area contributed by atoms with Crippen molar-refractivity contribution in [3.05, 3.63) is 122 Å². The second-order valence-electron chi connectivity index (χ2n) is 8.13. The molecular weight excluding hydrogens is 584 g/mol.